The van der Waals surface area contributed by atoms with Gasteiger partial charge < -0.3 is 0 Å². The third-order valence-corrected chi connectivity index (χ3v) is 3.37. The zero-order valence-electron chi connectivity index (χ0n) is 8.10. The van der Waals surface area contributed by atoms with Crippen LogP contribution in [0.15, 0.2) is 0 Å². The molecule has 1 fully saturated rings. The molecule has 1 saturated carbocycles. The molecule has 0 amide bonds. The second-order valence-electron chi connectivity index (χ2n) is 3.97. The summed E-state index contributed by atoms with van der Waals surface area (Å²) < 4.78 is 0. The van der Waals surface area contributed by atoms with Crippen molar-refractivity contribution >= 4 is 0 Å². The lowest BCUT2D eigenvalue weighted by molar-refractivity contribution is 0.295. The first-order valence-corrected chi connectivity index (χ1v) is 5.38. The van der Waals surface area contributed by atoms with Crippen LogP contribution in [0.25, 0.3) is 0 Å². The zero-order valence-corrected chi connectivity index (χ0v) is 8.10. The van der Waals surface area contributed by atoms with Crippen molar-refractivity contribution in [2.75, 3.05) is 0 Å². The molecule has 0 heterocycles. The summed E-state index contributed by atoms with van der Waals surface area (Å²) >= 11 is 0. The van der Waals surface area contributed by atoms with Gasteiger partial charge in [0.15, 0.2) is 0 Å². The fourth-order valence-electron chi connectivity index (χ4n) is 2.54. The van der Waals surface area contributed by atoms with E-state index < -0.39 is 0 Å². The van der Waals surface area contributed by atoms with Crippen LogP contribution in [0, 0.1) is 11.8 Å². The van der Waals surface area contributed by atoms with E-state index in [1.807, 2.05) is 0 Å². The van der Waals surface area contributed by atoms with Gasteiger partial charge in [-0.25, -0.2) is 0 Å². The van der Waals surface area contributed by atoms with Gasteiger partial charge in [-0.2, -0.15) is 0 Å². The van der Waals surface area contributed by atoms with Gasteiger partial charge in [0.05, 0.1) is 0 Å². The topological polar surface area (TPSA) is 0 Å². The van der Waals surface area contributed by atoms with Crippen LogP contribution in [0.2, 0.25) is 0 Å². The van der Waals surface area contributed by atoms with Gasteiger partial charge >= 0.3 is 0 Å². The smallest absolute Gasteiger partial charge is 0.0389 e. The maximum Gasteiger partial charge on any atom is -0.0389 e. The minimum Gasteiger partial charge on any atom is -0.0776 e. The van der Waals surface area contributed by atoms with E-state index in [0.29, 0.717) is 0 Å². The largest absolute Gasteiger partial charge is 0.0776 e. The third kappa shape index (κ3) is 3.16. The van der Waals surface area contributed by atoms with Crippen LogP contribution in [0.1, 0.15) is 66.2 Å². The van der Waals surface area contributed by atoms with Gasteiger partial charge in [-0.15, -0.1) is 0 Å². The first-order valence-electron chi connectivity index (χ1n) is 5.38. The van der Waals surface area contributed by atoms with Gasteiger partial charge in [0, 0.05) is 0 Å². The molecule has 0 aromatic carbocycles. The average Bonchev–Trinajstić information content (AvgIpc) is 2.27. The average molecular weight is 170 g/mol. The van der Waals surface area contributed by atoms with Crippen molar-refractivity contribution in [3.63, 3.8) is 0 Å². The molecule has 12 heavy (non-hydrogen) atoms. The highest BCUT2D eigenvalue weighted by Crippen LogP contribution is 2.32. The highest BCUT2D eigenvalue weighted by molar-refractivity contribution is 4.71. The zero-order chi connectivity index (χ0) is 8.10. The molecule has 1 aliphatic carbocycles. The second kappa shape index (κ2) is 6.51. The van der Waals surface area contributed by atoms with Crippen molar-refractivity contribution < 1.29 is 0 Å². The first kappa shape index (κ1) is 12.0. The van der Waals surface area contributed by atoms with Crippen LogP contribution in [0.5, 0.6) is 0 Å². The summed E-state index contributed by atoms with van der Waals surface area (Å²) in [4.78, 5) is 0. The van der Waals surface area contributed by atoms with E-state index in [1.165, 1.54) is 44.9 Å². The molecule has 0 radical (unpaired) electrons. The fraction of sp³-hybridized carbons (Fsp3) is 1.00. The van der Waals surface area contributed by atoms with E-state index in [1.54, 1.807) is 0 Å². The van der Waals surface area contributed by atoms with Gasteiger partial charge in [-0.05, 0) is 11.8 Å². The molecule has 74 valence electrons. The normalized spacial score (nSPS) is 30.5. The number of hydrogen-bond donors (Lipinski definition) is 0. The molecule has 0 aromatic heterocycles. The van der Waals surface area contributed by atoms with Gasteiger partial charge in [0.25, 0.3) is 0 Å². The van der Waals surface area contributed by atoms with Gasteiger partial charge in [0.2, 0.25) is 0 Å². The molecule has 0 aliphatic heterocycles. The summed E-state index contributed by atoms with van der Waals surface area (Å²) in [6, 6.07) is 0. The predicted molar refractivity (Wildman–Crippen MR) is 57.4 cm³/mol. The van der Waals surface area contributed by atoms with E-state index >= 15 is 0 Å². The van der Waals surface area contributed by atoms with Crippen LogP contribution in [-0.2, 0) is 0 Å². The monoisotopic (exact) mass is 170 g/mol. The van der Waals surface area contributed by atoms with E-state index in [9.17, 15) is 0 Å². The van der Waals surface area contributed by atoms with Crippen molar-refractivity contribution in [3.8, 4) is 0 Å². The quantitative estimate of drug-likeness (QED) is 0.530. The molecule has 0 saturated heterocycles. The molecule has 0 aromatic rings. The van der Waals surface area contributed by atoms with Crippen LogP contribution in [-0.4, -0.2) is 0 Å². The lowest BCUT2D eigenvalue weighted by atomic mass is 9.84. The van der Waals surface area contributed by atoms with Crippen molar-refractivity contribution in [2.45, 2.75) is 66.2 Å². The van der Waals surface area contributed by atoms with E-state index in [-0.39, 0.29) is 7.43 Å². The molecule has 1 aliphatic rings. The molecule has 2 atom stereocenters. The minimum atomic E-state index is 0. The fourth-order valence-corrected chi connectivity index (χ4v) is 2.54. The Morgan fingerprint density at radius 2 is 1.25 bits per heavy atom. The summed E-state index contributed by atoms with van der Waals surface area (Å²) in [6.07, 6.45) is 10.3. The van der Waals surface area contributed by atoms with Crippen molar-refractivity contribution in [2.24, 2.45) is 11.8 Å². The van der Waals surface area contributed by atoms with Crippen molar-refractivity contribution in [1.29, 1.82) is 0 Å². The Balaban J connectivity index is 0.00000121. The van der Waals surface area contributed by atoms with Crippen LogP contribution < -0.4 is 0 Å². The lowest BCUT2D eigenvalue weighted by Gasteiger charge is -2.21. The summed E-state index contributed by atoms with van der Waals surface area (Å²) in [5, 5.41) is 0. The van der Waals surface area contributed by atoms with E-state index in [0.717, 1.165) is 11.8 Å². The standard InChI is InChI=1S/C11H22.CH4/c1-3-10-8-6-5-7-9-11(10)4-2;/h10-11H,3-9H2,1-2H3;1H4. The molecule has 2 unspecified atom stereocenters. The number of hydrogen-bond acceptors (Lipinski definition) is 0. The SMILES string of the molecule is C.CCC1CCCCCC1CC. The van der Waals surface area contributed by atoms with E-state index in [2.05, 4.69) is 13.8 Å². The summed E-state index contributed by atoms with van der Waals surface area (Å²) in [7, 11) is 0. The third-order valence-electron chi connectivity index (χ3n) is 3.37. The predicted octanol–water partition coefficient (Wildman–Crippen LogP) is 4.64. The van der Waals surface area contributed by atoms with Gasteiger partial charge in [-0.1, -0.05) is 66.2 Å². The Morgan fingerprint density at radius 3 is 1.58 bits per heavy atom. The van der Waals surface area contributed by atoms with Crippen molar-refractivity contribution in [3.05, 3.63) is 0 Å². The van der Waals surface area contributed by atoms with Gasteiger partial charge in [0.1, 0.15) is 0 Å². The highest BCUT2D eigenvalue weighted by atomic mass is 14.3. The highest BCUT2D eigenvalue weighted by Gasteiger charge is 2.19. The molecule has 0 nitrogen and oxygen atoms in total. The van der Waals surface area contributed by atoms with Crippen LogP contribution in [0.3, 0.4) is 0 Å². The summed E-state index contributed by atoms with van der Waals surface area (Å²) in [6.45, 7) is 4.72. The van der Waals surface area contributed by atoms with Crippen LogP contribution in [0.4, 0.5) is 0 Å². The summed E-state index contributed by atoms with van der Waals surface area (Å²) in [5.41, 5.74) is 0. The maximum atomic E-state index is 2.36. The Hall–Kier alpha value is 0. The van der Waals surface area contributed by atoms with E-state index in [4.69, 9.17) is 0 Å². The molecule has 0 spiro atoms. The lowest BCUT2D eigenvalue weighted by Crippen LogP contribution is -2.11. The second-order valence-corrected chi connectivity index (χ2v) is 3.97. The number of rotatable bonds is 2. The molecule has 1 rings (SSSR count). The molecular formula is C12H26. The minimum absolute atomic E-state index is 0. The Kier molecular flexibility index (Phi) is 6.51. The summed E-state index contributed by atoms with van der Waals surface area (Å²) in [5.74, 6) is 2.12. The van der Waals surface area contributed by atoms with Crippen LogP contribution >= 0.6 is 0 Å². The Labute approximate surface area is 78.8 Å². The Morgan fingerprint density at radius 1 is 0.833 bits per heavy atom. The molecule has 0 bridgehead atoms. The first-order chi connectivity index (χ1) is 5.38. The molecular weight excluding hydrogens is 144 g/mol. The van der Waals surface area contributed by atoms with Gasteiger partial charge in [-0.3, -0.25) is 0 Å². The van der Waals surface area contributed by atoms with Crippen molar-refractivity contribution in [1.82, 2.24) is 0 Å². The maximum absolute atomic E-state index is 2.36. The Bertz CT molecular complexity index is 84.2. The molecule has 0 N–H and O–H groups in total. The molecule has 0 heteroatoms.